The minimum Gasteiger partial charge on any atom is -0.465 e. The molecule has 0 bridgehead atoms. The first-order chi connectivity index (χ1) is 15.0. The maximum absolute atomic E-state index is 12.8. The zero-order valence-electron chi connectivity index (χ0n) is 17.7. The summed E-state index contributed by atoms with van der Waals surface area (Å²) in [5, 5.41) is 5.61. The van der Waals surface area contributed by atoms with Gasteiger partial charge < -0.3 is 15.1 Å². The molecule has 0 aliphatic heterocycles. The number of hydrogen-bond donors (Lipinski definition) is 2. The van der Waals surface area contributed by atoms with Gasteiger partial charge in [-0.1, -0.05) is 48.0 Å². The number of rotatable bonds is 9. The number of thioether (sulfide) groups is 1. The zero-order valence-corrected chi connectivity index (χ0v) is 18.5. The summed E-state index contributed by atoms with van der Waals surface area (Å²) in [6.45, 7) is 4.42. The van der Waals surface area contributed by atoms with Crippen molar-refractivity contribution in [2.45, 2.75) is 19.6 Å². The Balaban J connectivity index is 1.58. The van der Waals surface area contributed by atoms with E-state index in [9.17, 15) is 9.59 Å². The molecule has 160 valence electrons. The molecule has 31 heavy (non-hydrogen) atoms. The molecule has 5 nitrogen and oxygen atoms in total. The Morgan fingerprint density at radius 3 is 2.61 bits per heavy atom. The van der Waals surface area contributed by atoms with Crippen LogP contribution in [0.2, 0.25) is 0 Å². The monoisotopic (exact) mass is 434 g/mol. The summed E-state index contributed by atoms with van der Waals surface area (Å²) >= 11 is 1.75. The largest absolute Gasteiger partial charge is 0.465 e. The van der Waals surface area contributed by atoms with Gasteiger partial charge in [0.2, 0.25) is 0 Å². The highest BCUT2D eigenvalue weighted by Crippen LogP contribution is 2.13. The van der Waals surface area contributed by atoms with E-state index in [-0.39, 0.29) is 17.5 Å². The molecule has 1 heterocycles. The van der Waals surface area contributed by atoms with Crippen LogP contribution in [0, 0.1) is 13.8 Å². The van der Waals surface area contributed by atoms with Gasteiger partial charge in [-0.05, 0) is 43.2 Å². The molecule has 0 fully saturated rings. The number of carbonyl (C=O) groups is 2. The van der Waals surface area contributed by atoms with Crippen LogP contribution in [-0.2, 0) is 10.5 Å². The fourth-order valence-corrected chi connectivity index (χ4v) is 3.82. The van der Waals surface area contributed by atoms with Crippen LogP contribution >= 0.6 is 11.8 Å². The highest BCUT2D eigenvalue weighted by atomic mass is 32.2. The number of aryl methyl sites for hydroxylation is 2. The fourth-order valence-electron chi connectivity index (χ4n) is 3.02. The van der Waals surface area contributed by atoms with Crippen LogP contribution in [0.15, 0.2) is 77.0 Å². The summed E-state index contributed by atoms with van der Waals surface area (Å²) in [4.78, 5) is 25.5. The van der Waals surface area contributed by atoms with E-state index in [1.54, 1.807) is 36.0 Å². The van der Waals surface area contributed by atoms with Crippen molar-refractivity contribution < 1.29 is 14.0 Å². The van der Waals surface area contributed by atoms with Crippen molar-refractivity contribution in [1.29, 1.82) is 0 Å². The van der Waals surface area contributed by atoms with E-state index in [0.29, 0.717) is 17.9 Å². The average Bonchev–Trinajstić information content (AvgIpc) is 3.26. The van der Waals surface area contributed by atoms with Gasteiger partial charge >= 0.3 is 0 Å². The molecule has 6 heteroatoms. The number of hydrogen-bond acceptors (Lipinski definition) is 4. The van der Waals surface area contributed by atoms with Crippen LogP contribution in [-0.4, -0.2) is 24.1 Å². The highest BCUT2D eigenvalue weighted by Gasteiger charge is 2.16. The first kappa shape index (κ1) is 22.4. The third-order valence-electron chi connectivity index (χ3n) is 4.60. The van der Waals surface area contributed by atoms with Crippen LogP contribution in [0.3, 0.4) is 0 Å². The van der Waals surface area contributed by atoms with Gasteiger partial charge in [0.1, 0.15) is 11.5 Å². The summed E-state index contributed by atoms with van der Waals surface area (Å²) in [5.74, 6) is 1.45. The second kappa shape index (κ2) is 11.2. The van der Waals surface area contributed by atoms with Crippen LogP contribution in [0.5, 0.6) is 0 Å². The molecule has 0 saturated carbocycles. The van der Waals surface area contributed by atoms with Gasteiger partial charge in [-0.25, -0.2) is 0 Å². The summed E-state index contributed by atoms with van der Waals surface area (Å²) < 4.78 is 5.32. The second-order valence-corrected chi connectivity index (χ2v) is 8.25. The molecule has 3 rings (SSSR count). The Bertz CT molecular complexity index is 1060. The Morgan fingerprint density at radius 2 is 1.87 bits per heavy atom. The van der Waals surface area contributed by atoms with E-state index in [0.717, 1.165) is 17.1 Å². The molecule has 0 aliphatic carbocycles. The lowest BCUT2D eigenvalue weighted by atomic mass is 10.1. The summed E-state index contributed by atoms with van der Waals surface area (Å²) in [6, 6.07) is 19.1. The predicted molar refractivity (Wildman–Crippen MR) is 126 cm³/mol. The van der Waals surface area contributed by atoms with Gasteiger partial charge in [0.05, 0.1) is 6.26 Å². The quantitative estimate of drug-likeness (QED) is 0.378. The molecule has 0 radical (unpaired) electrons. The van der Waals surface area contributed by atoms with Gasteiger partial charge in [-0.15, -0.1) is 0 Å². The molecule has 3 aromatic rings. The van der Waals surface area contributed by atoms with Crippen molar-refractivity contribution in [3.05, 3.63) is 101 Å². The SMILES string of the molecule is Cc1cccc(CSCCNC(=O)/C(=C/c2ccco2)NC(=O)c2ccccc2C)c1. The first-order valence-electron chi connectivity index (χ1n) is 10.1. The van der Waals surface area contributed by atoms with Gasteiger partial charge in [-0.2, -0.15) is 11.8 Å². The van der Waals surface area contributed by atoms with Crippen LogP contribution in [0.4, 0.5) is 0 Å². The minimum absolute atomic E-state index is 0.145. The number of furan rings is 1. The molecular formula is C25H26N2O3S. The lowest BCUT2D eigenvalue weighted by Crippen LogP contribution is -2.36. The molecule has 0 atom stereocenters. The van der Waals surface area contributed by atoms with Gasteiger partial charge in [0.25, 0.3) is 11.8 Å². The maximum atomic E-state index is 12.8. The van der Waals surface area contributed by atoms with E-state index in [2.05, 4.69) is 41.8 Å². The third kappa shape index (κ3) is 6.89. The van der Waals surface area contributed by atoms with Crippen LogP contribution in [0.25, 0.3) is 6.08 Å². The van der Waals surface area contributed by atoms with Gasteiger partial charge in [0, 0.05) is 29.7 Å². The molecule has 2 N–H and O–H groups in total. The second-order valence-electron chi connectivity index (χ2n) is 7.14. The highest BCUT2D eigenvalue weighted by molar-refractivity contribution is 7.98. The van der Waals surface area contributed by atoms with E-state index in [1.807, 2.05) is 19.1 Å². The molecule has 0 spiro atoms. The number of amides is 2. The molecule has 0 saturated heterocycles. The normalized spacial score (nSPS) is 11.2. The Morgan fingerprint density at radius 1 is 1.03 bits per heavy atom. The summed E-state index contributed by atoms with van der Waals surface area (Å²) in [6.07, 6.45) is 3.05. The van der Waals surface area contributed by atoms with Crippen molar-refractivity contribution in [3.63, 3.8) is 0 Å². The fraction of sp³-hybridized carbons (Fsp3) is 0.200. The maximum Gasteiger partial charge on any atom is 0.267 e. The van der Waals surface area contributed by atoms with Gasteiger partial charge in [-0.3, -0.25) is 9.59 Å². The van der Waals surface area contributed by atoms with Crippen molar-refractivity contribution in [1.82, 2.24) is 10.6 Å². The Kier molecular flexibility index (Phi) is 8.12. The van der Waals surface area contributed by atoms with Crippen molar-refractivity contribution >= 4 is 29.7 Å². The minimum atomic E-state index is -0.352. The van der Waals surface area contributed by atoms with Crippen molar-refractivity contribution in [2.75, 3.05) is 12.3 Å². The number of benzene rings is 2. The average molecular weight is 435 g/mol. The third-order valence-corrected chi connectivity index (χ3v) is 5.63. The standard InChI is InChI=1S/C25H26N2O3S/c1-18-7-5-9-20(15-18)17-31-14-12-26-25(29)23(16-21-10-6-13-30-21)27-24(28)22-11-4-3-8-19(22)2/h3-11,13,15-16H,12,14,17H2,1-2H3,(H,26,29)(H,27,28)/b23-16-. The number of nitrogens with one attached hydrogen (secondary N) is 2. The molecule has 0 aliphatic rings. The molecule has 2 amide bonds. The van der Waals surface area contributed by atoms with Crippen molar-refractivity contribution in [2.24, 2.45) is 0 Å². The lowest BCUT2D eigenvalue weighted by Gasteiger charge is -2.12. The Labute approximate surface area is 186 Å². The molecule has 0 unspecified atom stereocenters. The van der Waals surface area contributed by atoms with E-state index >= 15 is 0 Å². The van der Waals surface area contributed by atoms with Crippen LogP contribution in [0.1, 0.15) is 32.8 Å². The van der Waals surface area contributed by atoms with E-state index in [1.165, 1.54) is 23.5 Å². The smallest absolute Gasteiger partial charge is 0.267 e. The van der Waals surface area contributed by atoms with Crippen LogP contribution < -0.4 is 10.6 Å². The predicted octanol–water partition coefficient (Wildman–Crippen LogP) is 4.72. The molecule has 1 aromatic heterocycles. The Hall–Kier alpha value is -3.25. The summed E-state index contributed by atoms with van der Waals surface area (Å²) in [7, 11) is 0. The molecular weight excluding hydrogens is 408 g/mol. The zero-order chi connectivity index (χ0) is 22.1. The lowest BCUT2D eigenvalue weighted by molar-refractivity contribution is -0.117. The summed E-state index contributed by atoms with van der Waals surface area (Å²) in [5.41, 5.74) is 4.01. The number of carbonyl (C=O) groups excluding carboxylic acids is 2. The first-order valence-corrected chi connectivity index (χ1v) is 11.2. The molecule has 2 aromatic carbocycles. The van der Waals surface area contributed by atoms with Gasteiger partial charge in [0.15, 0.2) is 0 Å². The topological polar surface area (TPSA) is 71.3 Å². The van der Waals surface area contributed by atoms with E-state index in [4.69, 9.17) is 4.42 Å². The van der Waals surface area contributed by atoms with Crippen molar-refractivity contribution in [3.8, 4) is 0 Å². The van der Waals surface area contributed by atoms with E-state index < -0.39 is 0 Å².